The van der Waals surface area contributed by atoms with Gasteiger partial charge in [0.25, 0.3) is 0 Å². The van der Waals surface area contributed by atoms with Gasteiger partial charge in [-0.05, 0) is 37.1 Å². The van der Waals surface area contributed by atoms with Crippen molar-refractivity contribution in [3.8, 4) is 0 Å². The molecule has 0 fully saturated rings. The third-order valence-electron chi connectivity index (χ3n) is 2.87. The van der Waals surface area contributed by atoms with E-state index in [1.165, 1.54) is 0 Å². The van der Waals surface area contributed by atoms with Crippen molar-refractivity contribution in [3.05, 3.63) is 47.5 Å². The number of rotatable bonds is 5. The van der Waals surface area contributed by atoms with Crippen LogP contribution in [0.3, 0.4) is 0 Å². The SMILES string of the molecule is Cc1cc(Cl)ccc1NC(=O)NCCCn1ccnc1. The predicted octanol–water partition coefficient (Wildman–Crippen LogP) is 3.06. The van der Waals surface area contributed by atoms with Gasteiger partial charge in [0.05, 0.1) is 6.33 Å². The van der Waals surface area contributed by atoms with Crippen LogP contribution in [0.1, 0.15) is 12.0 Å². The third-order valence-corrected chi connectivity index (χ3v) is 3.11. The van der Waals surface area contributed by atoms with Crippen molar-refractivity contribution >= 4 is 23.3 Å². The molecule has 2 amide bonds. The van der Waals surface area contributed by atoms with E-state index in [4.69, 9.17) is 11.6 Å². The maximum atomic E-state index is 11.7. The van der Waals surface area contributed by atoms with Crippen molar-refractivity contribution in [1.29, 1.82) is 0 Å². The van der Waals surface area contributed by atoms with Crippen LogP contribution in [0.25, 0.3) is 0 Å². The maximum absolute atomic E-state index is 11.7. The summed E-state index contributed by atoms with van der Waals surface area (Å²) in [5.41, 5.74) is 1.70. The van der Waals surface area contributed by atoms with Crippen molar-refractivity contribution in [2.45, 2.75) is 19.9 Å². The quantitative estimate of drug-likeness (QED) is 0.832. The second-order valence-corrected chi connectivity index (χ2v) is 4.93. The first-order valence-electron chi connectivity index (χ1n) is 6.42. The van der Waals surface area contributed by atoms with Gasteiger partial charge in [-0.2, -0.15) is 0 Å². The highest BCUT2D eigenvalue weighted by Gasteiger charge is 2.04. The lowest BCUT2D eigenvalue weighted by Gasteiger charge is -2.10. The number of anilines is 1. The van der Waals surface area contributed by atoms with Crippen molar-refractivity contribution in [1.82, 2.24) is 14.9 Å². The Kier molecular flexibility index (Phi) is 5.01. The Hall–Kier alpha value is -2.01. The van der Waals surface area contributed by atoms with E-state index in [2.05, 4.69) is 15.6 Å². The summed E-state index contributed by atoms with van der Waals surface area (Å²) >= 11 is 5.87. The van der Waals surface area contributed by atoms with Crippen LogP contribution in [0.4, 0.5) is 10.5 Å². The molecule has 106 valence electrons. The van der Waals surface area contributed by atoms with Gasteiger partial charge in [0.15, 0.2) is 0 Å². The van der Waals surface area contributed by atoms with Crippen LogP contribution in [0.2, 0.25) is 5.02 Å². The molecule has 0 saturated carbocycles. The number of nitrogens with one attached hydrogen (secondary N) is 2. The van der Waals surface area contributed by atoms with Crippen LogP contribution in [-0.4, -0.2) is 22.1 Å². The van der Waals surface area contributed by atoms with Crippen LogP contribution in [-0.2, 0) is 6.54 Å². The Bertz CT molecular complexity index is 569. The van der Waals surface area contributed by atoms with Gasteiger partial charge < -0.3 is 15.2 Å². The second kappa shape index (κ2) is 6.96. The molecule has 0 spiro atoms. The van der Waals surface area contributed by atoms with Gasteiger partial charge in [-0.1, -0.05) is 11.6 Å². The predicted molar refractivity (Wildman–Crippen MR) is 80.1 cm³/mol. The van der Waals surface area contributed by atoms with Crippen molar-refractivity contribution < 1.29 is 4.79 Å². The molecule has 2 rings (SSSR count). The Morgan fingerprint density at radius 3 is 3.00 bits per heavy atom. The first-order valence-corrected chi connectivity index (χ1v) is 6.80. The van der Waals surface area contributed by atoms with E-state index in [1.54, 1.807) is 24.7 Å². The van der Waals surface area contributed by atoms with Gasteiger partial charge in [0.2, 0.25) is 0 Å². The Morgan fingerprint density at radius 1 is 1.45 bits per heavy atom. The summed E-state index contributed by atoms with van der Waals surface area (Å²) in [4.78, 5) is 15.7. The van der Waals surface area contributed by atoms with E-state index in [0.29, 0.717) is 11.6 Å². The zero-order valence-electron chi connectivity index (χ0n) is 11.3. The van der Waals surface area contributed by atoms with Crippen LogP contribution in [0.15, 0.2) is 36.9 Å². The molecule has 0 aliphatic heterocycles. The minimum absolute atomic E-state index is 0.207. The molecule has 0 saturated heterocycles. The largest absolute Gasteiger partial charge is 0.338 e. The highest BCUT2D eigenvalue weighted by molar-refractivity contribution is 6.30. The fraction of sp³-hybridized carbons (Fsp3) is 0.286. The molecule has 20 heavy (non-hydrogen) atoms. The molecule has 1 heterocycles. The number of halogens is 1. The first kappa shape index (κ1) is 14.4. The lowest BCUT2D eigenvalue weighted by atomic mass is 10.2. The molecule has 0 bridgehead atoms. The van der Waals surface area contributed by atoms with Gasteiger partial charge >= 0.3 is 6.03 Å². The van der Waals surface area contributed by atoms with Crippen molar-refractivity contribution in [2.75, 3.05) is 11.9 Å². The lowest BCUT2D eigenvalue weighted by Crippen LogP contribution is -2.30. The molecule has 1 aromatic heterocycles. The zero-order chi connectivity index (χ0) is 14.4. The maximum Gasteiger partial charge on any atom is 0.319 e. The fourth-order valence-electron chi connectivity index (χ4n) is 1.82. The molecule has 2 N–H and O–H groups in total. The van der Waals surface area contributed by atoms with Gasteiger partial charge in [-0.3, -0.25) is 0 Å². The molecule has 0 atom stereocenters. The number of urea groups is 1. The first-order chi connectivity index (χ1) is 9.65. The Balaban J connectivity index is 1.72. The standard InChI is InChI=1S/C14H17ClN4O/c1-11-9-12(15)3-4-13(11)18-14(20)17-5-2-7-19-8-6-16-10-19/h3-4,6,8-10H,2,5,7H2,1H3,(H2,17,18,20). The van der Waals surface area contributed by atoms with E-state index in [9.17, 15) is 4.79 Å². The Labute approximate surface area is 123 Å². The minimum Gasteiger partial charge on any atom is -0.338 e. The summed E-state index contributed by atoms with van der Waals surface area (Å²) in [6.45, 7) is 3.34. The van der Waals surface area contributed by atoms with E-state index < -0.39 is 0 Å². The average molecular weight is 293 g/mol. The van der Waals surface area contributed by atoms with Crippen LogP contribution in [0.5, 0.6) is 0 Å². The number of hydrogen-bond acceptors (Lipinski definition) is 2. The van der Waals surface area contributed by atoms with E-state index in [1.807, 2.05) is 23.8 Å². The van der Waals surface area contributed by atoms with Crippen LogP contribution < -0.4 is 10.6 Å². The third kappa shape index (κ3) is 4.28. The topological polar surface area (TPSA) is 59.0 Å². The normalized spacial score (nSPS) is 10.3. The van der Waals surface area contributed by atoms with Crippen molar-refractivity contribution in [3.63, 3.8) is 0 Å². The summed E-state index contributed by atoms with van der Waals surface area (Å²) in [5.74, 6) is 0. The summed E-state index contributed by atoms with van der Waals surface area (Å²) in [7, 11) is 0. The number of carbonyl (C=O) groups is 1. The minimum atomic E-state index is -0.207. The number of aryl methyl sites for hydroxylation is 2. The molecular weight excluding hydrogens is 276 g/mol. The molecule has 6 heteroatoms. The summed E-state index contributed by atoms with van der Waals surface area (Å²) in [6, 6.07) is 5.16. The zero-order valence-corrected chi connectivity index (χ0v) is 12.0. The number of amides is 2. The number of benzene rings is 1. The summed E-state index contributed by atoms with van der Waals surface area (Å²) in [6.07, 6.45) is 6.25. The summed E-state index contributed by atoms with van der Waals surface area (Å²) < 4.78 is 1.98. The monoisotopic (exact) mass is 292 g/mol. The Morgan fingerprint density at radius 2 is 2.30 bits per heavy atom. The van der Waals surface area contributed by atoms with E-state index in [0.717, 1.165) is 24.2 Å². The smallest absolute Gasteiger partial charge is 0.319 e. The second-order valence-electron chi connectivity index (χ2n) is 4.49. The highest BCUT2D eigenvalue weighted by atomic mass is 35.5. The van der Waals surface area contributed by atoms with Gasteiger partial charge in [-0.25, -0.2) is 9.78 Å². The molecule has 0 aliphatic rings. The molecular formula is C14H17ClN4O. The number of hydrogen-bond donors (Lipinski definition) is 2. The molecule has 0 aliphatic carbocycles. The highest BCUT2D eigenvalue weighted by Crippen LogP contribution is 2.19. The van der Waals surface area contributed by atoms with Crippen LogP contribution in [0, 0.1) is 6.92 Å². The fourth-order valence-corrected chi connectivity index (χ4v) is 2.04. The molecule has 0 unspecified atom stereocenters. The van der Waals surface area contributed by atoms with Gasteiger partial charge in [0, 0.05) is 36.2 Å². The molecule has 0 radical (unpaired) electrons. The molecule has 5 nitrogen and oxygen atoms in total. The van der Waals surface area contributed by atoms with Gasteiger partial charge in [0.1, 0.15) is 0 Å². The van der Waals surface area contributed by atoms with E-state index >= 15 is 0 Å². The number of nitrogens with zero attached hydrogens (tertiary/aromatic N) is 2. The van der Waals surface area contributed by atoms with Crippen molar-refractivity contribution in [2.24, 2.45) is 0 Å². The molecule has 1 aromatic carbocycles. The van der Waals surface area contributed by atoms with Gasteiger partial charge in [-0.15, -0.1) is 0 Å². The molecule has 2 aromatic rings. The number of aromatic nitrogens is 2. The lowest BCUT2D eigenvalue weighted by molar-refractivity contribution is 0.252. The van der Waals surface area contributed by atoms with Crippen LogP contribution >= 0.6 is 11.6 Å². The number of carbonyl (C=O) groups excluding carboxylic acids is 1. The van der Waals surface area contributed by atoms with E-state index in [-0.39, 0.29) is 6.03 Å². The summed E-state index contributed by atoms with van der Waals surface area (Å²) in [5, 5.41) is 6.28. The average Bonchev–Trinajstić information content (AvgIpc) is 2.91. The number of imidazole rings is 1.